The lowest BCUT2D eigenvalue weighted by atomic mass is 9.67. The number of amides is 1. The van der Waals surface area contributed by atoms with Crippen molar-refractivity contribution in [1.29, 1.82) is 0 Å². The molecule has 0 radical (unpaired) electrons. The van der Waals surface area contributed by atoms with Gasteiger partial charge in [0.15, 0.2) is 0 Å². The van der Waals surface area contributed by atoms with E-state index < -0.39 is 0 Å². The molecule has 4 heteroatoms. The van der Waals surface area contributed by atoms with Gasteiger partial charge in [-0.15, -0.1) is 0 Å². The molecule has 1 saturated carbocycles. The predicted octanol–water partition coefficient (Wildman–Crippen LogP) is 1.75. The second kappa shape index (κ2) is 3.37. The summed E-state index contributed by atoms with van der Waals surface area (Å²) >= 11 is 0. The van der Waals surface area contributed by atoms with Crippen LogP contribution in [0.4, 0.5) is 0 Å². The van der Waals surface area contributed by atoms with Crippen LogP contribution in [-0.4, -0.2) is 28.9 Å². The summed E-state index contributed by atoms with van der Waals surface area (Å²) in [5.74, 6) is 1.46. The van der Waals surface area contributed by atoms with Gasteiger partial charge in [-0.1, -0.05) is 12.8 Å². The molecular weight excluding hydrogens is 230 g/mol. The van der Waals surface area contributed by atoms with Crippen molar-refractivity contribution in [3.63, 3.8) is 0 Å². The third-order valence-electron chi connectivity index (χ3n) is 5.22. The van der Waals surface area contributed by atoms with Crippen LogP contribution in [0.3, 0.4) is 0 Å². The zero-order valence-corrected chi connectivity index (χ0v) is 10.4. The molecule has 2 fully saturated rings. The Balaban J connectivity index is 1.86. The average molecular weight is 247 g/mol. The lowest BCUT2D eigenvalue weighted by Gasteiger charge is -2.48. The maximum Gasteiger partial charge on any atom is 0.315 e. The van der Waals surface area contributed by atoms with Gasteiger partial charge < -0.3 is 9.64 Å². The molecule has 0 N–H and O–H groups in total. The Hall–Kier alpha value is -1.32. The topological polar surface area (TPSA) is 46.6 Å². The van der Waals surface area contributed by atoms with Gasteiger partial charge in [0.05, 0.1) is 12.0 Å². The molecule has 0 bridgehead atoms. The first kappa shape index (κ1) is 10.6. The molecule has 96 valence electrons. The van der Waals surface area contributed by atoms with Crippen molar-refractivity contribution in [1.82, 2.24) is 4.90 Å². The van der Waals surface area contributed by atoms with Crippen molar-refractivity contribution in [3.05, 3.63) is 11.3 Å². The Labute approximate surface area is 106 Å². The van der Waals surface area contributed by atoms with Crippen molar-refractivity contribution in [2.24, 2.45) is 5.92 Å². The van der Waals surface area contributed by atoms with E-state index in [0.29, 0.717) is 18.8 Å². The minimum atomic E-state index is -0.144. The molecule has 1 spiro atoms. The van der Waals surface area contributed by atoms with E-state index in [0.717, 1.165) is 43.6 Å². The summed E-state index contributed by atoms with van der Waals surface area (Å²) in [6.45, 7) is 0.738. The predicted molar refractivity (Wildman–Crippen MR) is 63.4 cm³/mol. The van der Waals surface area contributed by atoms with E-state index in [1.807, 2.05) is 0 Å². The number of ether oxygens (including phenoxy) is 1. The van der Waals surface area contributed by atoms with Gasteiger partial charge in [-0.25, -0.2) is 0 Å². The molecule has 1 aliphatic carbocycles. The number of rotatable bonds is 0. The van der Waals surface area contributed by atoms with Gasteiger partial charge in [0.1, 0.15) is 5.76 Å². The number of hydrogen-bond donors (Lipinski definition) is 0. The fourth-order valence-corrected chi connectivity index (χ4v) is 4.57. The molecule has 3 aliphatic heterocycles. The summed E-state index contributed by atoms with van der Waals surface area (Å²) in [4.78, 5) is 25.9. The summed E-state index contributed by atoms with van der Waals surface area (Å²) in [7, 11) is 0. The molecule has 4 rings (SSSR count). The molecule has 0 aromatic rings. The highest BCUT2D eigenvalue weighted by Gasteiger charge is 2.59. The summed E-state index contributed by atoms with van der Waals surface area (Å²) in [6.07, 6.45) is 6.32. The standard InChI is InChI=1S/C14H17NO3/c16-12-7-9-3-1-2-5-14(9)10-8-13(17)18-11(10)4-6-15(12)14/h9H,1-8H2/t9-,14-/m0/s1. The molecule has 3 heterocycles. The molecule has 0 aromatic carbocycles. The maximum atomic E-state index is 12.2. The molecule has 1 saturated heterocycles. The molecule has 0 unspecified atom stereocenters. The lowest BCUT2D eigenvalue weighted by molar-refractivity contribution is -0.136. The highest BCUT2D eigenvalue weighted by molar-refractivity contribution is 5.85. The van der Waals surface area contributed by atoms with Crippen molar-refractivity contribution in [3.8, 4) is 0 Å². The van der Waals surface area contributed by atoms with Gasteiger partial charge in [-0.05, 0) is 18.8 Å². The lowest BCUT2D eigenvalue weighted by Crippen LogP contribution is -2.54. The van der Waals surface area contributed by atoms with Crippen molar-refractivity contribution < 1.29 is 14.3 Å². The van der Waals surface area contributed by atoms with Gasteiger partial charge in [-0.3, -0.25) is 9.59 Å². The maximum absolute atomic E-state index is 12.2. The van der Waals surface area contributed by atoms with E-state index >= 15 is 0 Å². The monoisotopic (exact) mass is 247 g/mol. The summed E-state index contributed by atoms with van der Waals surface area (Å²) < 4.78 is 5.36. The van der Waals surface area contributed by atoms with E-state index in [1.165, 1.54) is 6.42 Å². The van der Waals surface area contributed by atoms with Gasteiger partial charge in [0.2, 0.25) is 5.91 Å². The first-order valence-corrected chi connectivity index (χ1v) is 6.95. The fraction of sp³-hybridized carbons (Fsp3) is 0.714. The van der Waals surface area contributed by atoms with E-state index in [4.69, 9.17) is 4.74 Å². The molecule has 0 aromatic heterocycles. The van der Waals surface area contributed by atoms with Gasteiger partial charge in [-0.2, -0.15) is 0 Å². The van der Waals surface area contributed by atoms with Crippen LogP contribution in [0.1, 0.15) is 44.9 Å². The molecule has 18 heavy (non-hydrogen) atoms. The Bertz CT molecular complexity index is 481. The highest BCUT2D eigenvalue weighted by Crippen LogP contribution is 2.55. The highest BCUT2D eigenvalue weighted by atomic mass is 16.5. The van der Waals surface area contributed by atoms with E-state index in [-0.39, 0.29) is 17.4 Å². The normalized spacial score (nSPS) is 38.4. The number of hydrogen-bond acceptors (Lipinski definition) is 3. The van der Waals surface area contributed by atoms with Crippen LogP contribution in [0.2, 0.25) is 0 Å². The van der Waals surface area contributed by atoms with Crippen molar-refractivity contribution >= 4 is 11.9 Å². The third kappa shape index (κ3) is 1.11. The second-order valence-electron chi connectivity index (χ2n) is 5.92. The summed E-state index contributed by atoms with van der Waals surface area (Å²) in [5, 5.41) is 0. The number of esters is 1. The SMILES string of the molecule is O=C1CC2=C(CCN3C(=O)C[C@@H]4CCCC[C@@]243)O1. The number of carbonyl (C=O) groups excluding carboxylic acids is 2. The van der Waals surface area contributed by atoms with E-state index in [9.17, 15) is 9.59 Å². The van der Waals surface area contributed by atoms with Gasteiger partial charge >= 0.3 is 5.97 Å². The van der Waals surface area contributed by atoms with Gasteiger partial charge in [0, 0.05) is 25.0 Å². The number of carbonyl (C=O) groups is 2. The quantitative estimate of drug-likeness (QED) is 0.613. The minimum absolute atomic E-state index is 0.125. The zero-order valence-electron chi connectivity index (χ0n) is 10.4. The number of nitrogens with zero attached hydrogens (tertiary/aromatic N) is 1. The molecule has 2 atom stereocenters. The Morgan fingerprint density at radius 3 is 3.06 bits per heavy atom. The van der Waals surface area contributed by atoms with Crippen LogP contribution in [0.15, 0.2) is 11.3 Å². The molecule has 1 amide bonds. The van der Waals surface area contributed by atoms with E-state index in [1.54, 1.807) is 0 Å². The van der Waals surface area contributed by atoms with Crippen molar-refractivity contribution in [2.45, 2.75) is 50.5 Å². The van der Waals surface area contributed by atoms with Gasteiger partial charge in [0.25, 0.3) is 0 Å². The smallest absolute Gasteiger partial charge is 0.315 e. The van der Waals surface area contributed by atoms with Crippen LogP contribution in [0.25, 0.3) is 0 Å². The first-order valence-electron chi connectivity index (χ1n) is 6.95. The molecule has 4 aliphatic rings. The average Bonchev–Trinajstić information content (AvgIpc) is 2.86. The molecule has 4 nitrogen and oxygen atoms in total. The van der Waals surface area contributed by atoms with Crippen molar-refractivity contribution in [2.75, 3.05) is 6.54 Å². The Morgan fingerprint density at radius 2 is 2.17 bits per heavy atom. The summed E-state index contributed by atoms with van der Waals surface area (Å²) in [5.41, 5.74) is 1.00. The fourth-order valence-electron chi connectivity index (χ4n) is 4.57. The summed E-state index contributed by atoms with van der Waals surface area (Å²) in [6, 6.07) is 0. The Morgan fingerprint density at radius 1 is 1.28 bits per heavy atom. The van der Waals surface area contributed by atoms with Crippen LogP contribution in [-0.2, 0) is 14.3 Å². The molecular formula is C14H17NO3. The Kier molecular flexibility index (Phi) is 1.98. The van der Waals surface area contributed by atoms with Crippen LogP contribution < -0.4 is 0 Å². The first-order chi connectivity index (χ1) is 8.72. The van der Waals surface area contributed by atoms with Crippen LogP contribution in [0, 0.1) is 5.92 Å². The largest absolute Gasteiger partial charge is 0.431 e. The second-order valence-corrected chi connectivity index (χ2v) is 5.92. The van der Waals surface area contributed by atoms with Crippen LogP contribution >= 0.6 is 0 Å². The van der Waals surface area contributed by atoms with Crippen LogP contribution in [0.5, 0.6) is 0 Å². The van der Waals surface area contributed by atoms with E-state index in [2.05, 4.69) is 4.90 Å². The minimum Gasteiger partial charge on any atom is -0.431 e. The zero-order chi connectivity index (χ0) is 12.3. The third-order valence-corrected chi connectivity index (χ3v) is 5.22.